The average molecular weight is 881 g/mol. The number of hydrogen-bond donors (Lipinski definition) is 3. The first-order valence-electron chi connectivity index (χ1n) is 24.0. The van der Waals surface area contributed by atoms with Crippen LogP contribution in [-0.4, -0.2) is 134 Å². The molecule has 0 aromatic rings. The molecule has 3 N–H and O–H groups in total. The Kier molecular flexibility index (Phi) is 17.5. The summed E-state index contributed by atoms with van der Waals surface area (Å²) < 4.78 is 58.2. The van der Waals surface area contributed by atoms with Crippen molar-refractivity contribution >= 4 is 0 Å². The first kappa shape index (κ1) is 52.0. The Morgan fingerprint density at radius 2 is 1.74 bits per heavy atom. The molecule has 5 rings (SSSR count). The lowest BCUT2D eigenvalue weighted by atomic mass is 9.57. The van der Waals surface area contributed by atoms with Crippen molar-refractivity contribution < 1.29 is 58.0 Å². The predicted octanol–water partition coefficient (Wildman–Crippen LogP) is 8.07. The van der Waals surface area contributed by atoms with Gasteiger partial charge in [-0.05, 0) is 95.1 Å². The quantitative estimate of drug-likeness (QED) is 0.108. The summed E-state index contributed by atoms with van der Waals surface area (Å²) in [5.74, 6) is -1.19. The molecule has 1 spiro atoms. The van der Waals surface area contributed by atoms with Crippen LogP contribution in [0.25, 0.3) is 0 Å². The molecule has 4 aliphatic heterocycles. The van der Waals surface area contributed by atoms with Crippen molar-refractivity contribution in [3.05, 3.63) is 23.3 Å². The average Bonchev–Trinajstić information content (AvgIpc) is 3.63. The van der Waals surface area contributed by atoms with Gasteiger partial charge in [-0.1, -0.05) is 67.5 Å². The van der Waals surface area contributed by atoms with Gasteiger partial charge < -0.3 is 58.0 Å². The molecule has 1 unspecified atom stereocenters. The first-order chi connectivity index (χ1) is 29.0. The molecule has 1 aliphatic carbocycles. The molecule has 62 heavy (non-hydrogen) atoms. The zero-order valence-electron chi connectivity index (χ0n) is 41.2. The van der Waals surface area contributed by atoms with E-state index in [1.807, 2.05) is 13.8 Å². The van der Waals surface area contributed by atoms with Crippen LogP contribution >= 0.6 is 0 Å². The normalized spacial score (nSPS) is 41.5. The van der Waals surface area contributed by atoms with Crippen LogP contribution in [0.4, 0.5) is 0 Å². The van der Waals surface area contributed by atoms with Crippen molar-refractivity contribution in [2.45, 2.75) is 233 Å². The lowest BCUT2D eigenvalue weighted by molar-refractivity contribution is -0.350. The Morgan fingerprint density at radius 1 is 1.03 bits per heavy atom. The minimum absolute atomic E-state index is 0.00261. The third-order valence-electron chi connectivity index (χ3n) is 15.9. The SMILES string of the molecule is CCC(C)(C)[C@@H]1O[C@]2(CC[C@H]1C)C[C@@H](OC[C@@]1(C)C=C(C)[C@@H](O)C3OCC[C@@]31C)C[C@@H](C/C=C(\C)[C@H](OCC[C@H](OC)[C@H](O[C@]1(C)C[C@H](OC)[C@H](O)[C@H](C)O1)[C@H](C)O)C(C)C)O2. The van der Waals surface area contributed by atoms with Crippen molar-refractivity contribution in [2.75, 3.05) is 34.0 Å². The van der Waals surface area contributed by atoms with Crippen molar-refractivity contribution in [3.63, 3.8) is 0 Å². The second-order valence-electron chi connectivity index (χ2n) is 21.7. The maximum Gasteiger partial charge on any atom is 0.171 e. The molecule has 12 heteroatoms. The summed E-state index contributed by atoms with van der Waals surface area (Å²) in [5.41, 5.74) is 1.55. The standard InChI is InChI=1S/C50H88O12/c1-16-46(9,10)44-32(5)19-21-50(62-44)27-37(58-29-47(11)26-33(6)40(52)45-48(47,12)22-24-57-45)25-36(60-50)18-17-31(4)42(30(2)3)56-23-20-38(54-14)43(34(7)51)61-49(13)28-39(55-15)41(53)35(8)59-49/h17,26,30,32,34-45,51-53H,16,18-25,27-29H2,1-15H3/b31-17+/t32-,34+,35+,36-,37+,38+,39+,40-,41-,42-,43-,44-,45?,47-,48+,49-,50-/m1/s1. The van der Waals surface area contributed by atoms with E-state index < -0.39 is 54.3 Å². The number of aliphatic hydroxyl groups excluding tert-OH is 3. The molecular weight excluding hydrogens is 793 g/mol. The summed E-state index contributed by atoms with van der Waals surface area (Å²) in [7, 11) is 3.19. The topological polar surface area (TPSA) is 144 Å². The van der Waals surface area contributed by atoms with Crippen LogP contribution in [0, 0.1) is 28.1 Å². The van der Waals surface area contributed by atoms with Crippen LogP contribution in [0.2, 0.25) is 0 Å². The molecule has 17 atom stereocenters. The summed E-state index contributed by atoms with van der Waals surface area (Å²) in [5, 5.41) is 32.5. The van der Waals surface area contributed by atoms with Crippen molar-refractivity contribution in [3.8, 4) is 0 Å². The zero-order chi connectivity index (χ0) is 46.0. The van der Waals surface area contributed by atoms with E-state index in [1.165, 1.54) is 0 Å². The molecule has 4 heterocycles. The van der Waals surface area contributed by atoms with E-state index in [2.05, 4.69) is 74.5 Å². The lowest BCUT2D eigenvalue weighted by Gasteiger charge is -2.54. The number of methoxy groups -OCH3 is 2. The first-order valence-corrected chi connectivity index (χ1v) is 24.0. The van der Waals surface area contributed by atoms with Gasteiger partial charge in [0.15, 0.2) is 11.6 Å². The number of hydrogen-bond acceptors (Lipinski definition) is 12. The predicted molar refractivity (Wildman–Crippen MR) is 240 cm³/mol. The van der Waals surface area contributed by atoms with Gasteiger partial charge in [0.2, 0.25) is 0 Å². The molecule has 0 amide bonds. The monoisotopic (exact) mass is 881 g/mol. The highest BCUT2D eigenvalue weighted by atomic mass is 16.7. The Labute approximate surface area is 375 Å². The molecule has 5 aliphatic rings. The van der Waals surface area contributed by atoms with E-state index in [9.17, 15) is 15.3 Å². The van der Waals surface area contributed by atoms with Crippen LogP contribution in [0.5, 0.6) is 0 Å². The Morgan fingerprint density at radius 3 is 2.37 bits per heavy atom. The Bertz CT molecular complexity index is 1500. The van der Waals surface area contributed by atoms with Crippen LogP contribution in [-0.2, 0) is 42.6 Å². The highest BCUT2D eigenvalue weighted by Gasteiger charge is 2.58. The summed E-state index contributed by atoms with van der Waals surface area (Å²) >= 11 is 0. The van der Waals surface area contributed by atoms with Gasteiger partial charge in [-0.2, -0.15) is 0 Å². The molecule has 4 saturated heterocycles. The largest absolute Gasteiger partial charge is 0.391 e. The van der Waals surface area contributed by atoms with E-state index in [4.69, 9.17) is 42.6 Å². The molecule has 0 radical (unpaired) electrons. The van der Waals surface area contributed by atoms with Gasteiger partial charge in [0.05, 0.1) is 61.5 Å². The third-order valence-corrected chi connectivity index (χ3v) is 15.9. The van der Waals surface area contributed by atoms with Gasteiger partial charge in [0.25, 0.3) is 0 Å². The van der Waals surface area contributed by atoms with Crippen molar-refractivity contribution in [1.82, 2.24) is 0 Å². The molecule has 360 valence electrons. The molecule has 0 aromatic carbocycles. The third kappa shape index (κ3) is 11.4. The van der Waals surface area contributed by atoms with Gasteiger partial charge >= 0.3 is 0 Å². The molecular formula is C50H88O12. The maximum absolute atomic E-state index is 11.1. The number of rotatable bonds is 19. The van der Waals surface area contributed by atoms with Crippen LogP contribution in [0.15, 0.2) is 23.3 Å². The Balaban J connectivity index is 1.29. The maximum atomic E-state index is 11.1. The van der Waals surface area contributed by atoms with Gasteiger partial charge in [0, 0.05) is 63.9 Å². The Hall–Kier alpha value is -1.00. The van der Waals surface area contributed by atoms with Crippen LogP contribution in [0.3, 0.4) is 0 Å². The van der Waals surface area contributed by atoms with Gasteiger partial charge in [-0.25, -0.2) is 0 Å². The van der Waals surface area contributed by atoms with Crippen molar-refractivity contribution in [2.24, 2.45) is 28.1 Å². The fourth-order valence-corrected chi connectivity index (χ4v) is 11.4. The molecule has 12 nitrogen and oxygen atoms in total. The minimum Gasteiger partial charge on any atom is -0.391 e. The van der Waals surface area contributed by atoms with Gasteiger partial charge in [0.1, 0.15) is 18.3 Å². The van der Waals surface area contributed by atoms with Gasteiger partial charge in [-0.15, -0.1) is 0 Å². The van der Waals surface area contributed by atoms with E-state index in [0.717, 1.165) is 43.3 Å². The van der Waals surface area contributed by atoms with Crippen LogP contribution < -0.4 is 0 Å². The lowest BCUT2D eigenvalue weighted by Crippen LogP contribution is -2.57. The number of fused-ring (bicyclic) bond motifs is 1. The van der Waals surface area contributed by atoms with Crippen molar-refractivity contribution in [1.29, 1.82) is 0 Å². The van der Waals surface area contributed by atoms with E-state index in [0.29, 0.717) is 51.4 Å². The smallest absolute Gasteiger partial charge is 0.171 e. The highest BCUT2D eigenvalue weighted by molar-refractivity contribution is 5.26. The highest BCUT2D eigenvalue weighted by Crippen LogP contribution is 2.56. The fraction of sp³-hybridized carbons (Fsp3) is 0.920. The summed E-state index contributed by atoms with van der Waals surface area (Å²) in [6, 6.07) is 0. The number of ether oxygens (including phenoxy) is 9. The molecule has 0 bridgehead atoms. The second kappa shape index (κ2) is 20.9. The molecule has 4 fully saturated rings. The van der Waals surface area contributed by atoms with E-state index in [1.54, 1.807) is 28.1 Å². The molecule has 0 aromatic heterocycles. The van der Waals surface area contributed by atoms with Gasteiger partial charge in [-0.3, -0.25) is 0 Å². The molecule has 0 saturated carbocycles. The minimum atomic E-state index is -1.09. The fourth-order valence-electron chi connectivity index (χ4n) is 11.4. The van der Waals surface area contributed by atoms with E-state index in [-0.39, 0.29) is 52.7 Å². The van der Waals surface area contributed by atoms with E-state index >= 15 is 0 Å². The van der Waals surface area contributed by atoms with Crippen LogP contribution in [0.1, 0.15) is 148 Å². The zero-order valence-corrected chi connectivity index (χ0v) is 41.2. The summed E-state index contributed by atoms with van der Waals surface area (Å²) in [6.07, 6.45) is 6.34. The number of aliphatic hydroxyl groups is 3. The summed E-state index contributed by atoms with van der Waals surface area (Å²) in [6.45, 7) is 29.1. The second-order valence-corrected chi connectivity index (χ2v) is 21.7. The summed E-state index contributed by atoms with van der Waals surface area (Å²) in [4.78, 5) is 0.